The first kappa shape index (κ1) is 5.83. The van der Waals surface area contributed by atoms with Gasteiger partial charge in [0.25, 0.3) is 0 Å². The smallest absolute Gasteiger partial charge is 0.0102 e. The molecule has 46 valence electrons. The SMILES string of the molecule is C[C@H]1CC=CCC1N. The number of hydrogen-bond donors (Lipinski definition) is 1. The fourth-order valence-corrected chi connectivity index (χ4v) is 0.971. The van der Waals surface area contributed by atoms with E-state index in [9.17, 15) is 0 Å². The Hall–Kier alpha value is -0.300. The fourth-order valence-electron chi connectivity index (χ4n) is 0.971. The van der Waals surface area contributed by atoms with Crippen molar-refractivity contribution in [3.8, 4) is 0 Å². The van der Waals surface area contributed by atoms with Crippen molar-refractivity contribution in [3.05, 3.63) is 12.2 Å². The van der Waals surface area contributed by atoms with Crippen molar-refractivity contribution >= 4 is 0 Å². The van der Waals surface area contributed by atoms with E-state index in [1.165, 1.54) is 6.42 Å². The van der Waals surface area contributed by atoms with Gasteiger partial charge in [-0.1, -0.05) is 19.1 Å². The summed E-state index contributed by atoms with van der Waals surface area (Å²) in [5.74, 6) is 0.694. The van der Waals surface area contributed by atoms with Crippen molar-refractivity contribution in [1.82, 2.24) is 0 Å². The van der Waals surface area contributed by atoms with E-state index in [4.69, 9.17) is 5.73 Å². The first-order valence-corrected chi connectivity index (χ1v) is 3.21. The lowest BCUT2D eigenvalue weighted by molar-refractivity contribution is 0.446. The lowest BCUT2D eigenvalue weighted by atomic mass is 9.92. The molecule has 1 rings (SSSR count). The van der Waals surface area contributed by atoms with Crippen LogP contribution in [0, 0.1) is 5.92 Å². The summed E-state index contributed by atoms with van der Waals surface area (Å²) in [6.07, 6.45) is 6.63. The monoisotopic (exact) mass is 111 g/mol. The minimum Gasteiger partial charge on any atom is -0.327 e. The zero-order valence-electron chi connectivity index (χ0n) is 5.30. The van der Waals surface area contributed by atoms with Crippen LogP contribution in [-0.2, 0) is 0 Å². The molecule has 0 amide bonds. The van der Waals surface area contributed by atoms with Gasteiger partial charge in [-0.2, -0.15) is 0 Å². The second-order valence-electron chi connectivity index (χ2n) is 2.58. The summed E-state index contributed by atoms with van der Waals surface area (Å²) in [5, 5.41) is 0. The third-order valence-electron chi connectivity index (χ3n) is 1.81. The maximum Gasteiger partial charge on any atom is 0.0102 e. The number of allylic oxidation sites excluding steroid dienone is 1. The first-order chi connectivity index (χ1) is 3.80. The Balaban J connectivity index is 2.44. The molecule has 8 heavy (non-hydrogen) atoms. The van der Waals surface area contributed by atoms with Gasteiger partial charge in [-0.05, 0) is 18.8 Å². The highest BCUT2D eigenvalue weighted by Gasteiger charge is 2.11. The van der Waals surface area contributed by atoms with E-state index < -0.39 is 0 Å². The molecule has 1 nitrogen and oxygen atoms in total. The van der Waals surface area contributed by atoms with Gasteiger partial charge in [0.2, 0.25) is 0 Å². The van der Waals surface area contributed by atoms with E-state index in [0.717, 1.165) is 6.42 Å². The van der Waals surface area contributed by atoms with Gasteiger partial charge >= 0.3 is 0 Å². The Morgan fingerprint density at radius 3 is 2.38 bits per heavy atom. The molecule has 0 fully saturated rings. The second-order valence-corrected chi connectivity index (χ2v) is 2.58. The van der Waals surface area contributed by atoms with E-state index in [2.05, 4.69) is 19.1 Å². The van der Waals surface area contributed by atoms with Crippen molar-refractivity contribution in [1.29, 1.82) is 0 Å². The van der Waals surface area contributed by atoms with Crippen molar-refractivity contribution in [2.24, 2.45) is 11.7 Å². The molecule has 0 spiro atoms. The molecule has 0 aromatic rings. The van der Waals surface area contributed by atoms with Gasteiger partial charge in [0, 0.05) is 6.04 Å². The zero-order valence-corrected chi connectivity index (χ0v) is 5.30. The number of nitrogens with two attached hydrogens (primary N) is 1. The molecule has 1 aliphatic rings. The van der Waals surface area contributed by atoms with Gasteiger partial charge in [-0.3, -0.25) is 0 Å². The van der Waals surface area contributed by atoms with Crippen LogP contribution in [0.15, 0.2) is 12.2 Å². The maximum absolute atomic E-state index is 5.73. The summed E-state index contributed by atoms with van der Waals surface area (Å²) in [5.41, 5.74) is 5.73. The van der Waals surface area contributed by atoms with Crippen molar-refractivity contribution in [3.63, 3.8) is 0 Å². The standard InChI is InChI=1S/C7H13N/c1-6-4-2-3-5-7(6)8/h2-3,6-7H,4-5,8H2,1H3/t6-,7?/m0/s1. The van der Waals surface area contributed by atoms with Crippen LogP contribution in [0.4, 0.5) is 0 Å². The minimum absolute atomic E-state index is 0.417. The van der Waals surface area contributed by atoms with Crippen LogP contribution in [0.3, 0.4) is 0 Å². The van der Waals surface area contributed by atoms with Gasteiger partial charge in [-0.15, -0.1) is 0 Å². The van der Waals surface area contributed by atoms with Gasteiger partial charge in [0.05, 0.1) is 0 Å². The lowest BCUT2D eigenvalue weighted by Gasteiger charge is -2.19. The molecule has 2 N–H and O–H groups in total. The molecule has 0 radical (unpaired) electrons. The molecule has 0 saturated heterocycles. The molecule has 2 atom stereocenters. The highest BCUT2D eigenvalue weighted by molar-refractivity contribution is 4.94. The predicted molar refractivity (Wildman–Crippen MR) is 35.5 cm³/mol. The molecular formula is C7H13N. The topological polar surface area (TPSA) is 26.0 Å². The predicted octanol–water partition coefficient (Wildman–Crippen LogP) is 1.30. The van der Waals surface area contributed by atoms with Crippen LogP contribution in [0.25, 0.3) is 0 Å². The quantitative estimate of drug-likeness (QED) is 0.468. The Bertz CT molecular complexity index is 84.6. The van der Waals surface area contributed by atoms with E-state index in [1.807, 2.05) is 0 Å². The van der Waals surface area contributed by atoms with Crippen LogP contribution >= 0.6 is 0 Å². The highest BCUT2D eigenvalue weighted by atomic mass is 14.6. The van der Waals surface area contributed by atoms with E-state index in [1.54, 1.807) is 0 Å². The largest absolute Gasteiger partial charge is 0.327 e. The lowest BCUT2D eigenvalue weighted by Crippen LogP contribution is -2.28. The third kappa shape index (κ3) is 1.10. The second kappa shape index (κ2) is 2.31. The molecule has 1 aliphatic carbocycles. The molecule has 1 heteroatoms. The zero-order chi connectivity index (χ0) is 5.98. The molecule has 0 saturated carbocycles. The fraction of sp³-hybridized carbons (Fsp3) is 0.714. The molecule has 1 unspecified atom stereocenters. The third-order valence-corrected chi connectivity index (χ3v) is 1.81. The molecule has 0 heterocycles. The van der Waals surface area contributed by atoms with Crippen molar-refractivity contribution < 1.29 is 0 Å². The normalized spacial score (nSPS) is 37.8. The van der Waals surface area contributed by atoms with Crippen molar-refractivity contribution in [2.75, 3.05) is 0 Å². The van der Waals surface area contributed by atoms with Gasteiger partial charge < -0.3 is 5.73 Å². The molecular weight excluding hydrogens is 98.1 g/mol. The summed E-state index contributed by atoms with van der Waals surface area (Å²) in [6, 6.07) is 0.417. The van der Waals surface area contributed by atoms with Crippen LogP contribution < -0.4 is 5.73 Å². The summed E-state index contributed by atoms with van der Waals surface area (Å²) >= 11 is 0. The average molecular weight is 111 g/mol. The maximum atomic E-state index is 5.73. The Labute approximate surface area is 50.6 Å². The Morgan fingerprint density at radius 2 is 2.00 bits per heavy atom. The van der Waals surface area contributed by atoms with Gasteiger partial charge in [0.1, 0.15) is 0 Å². The van der Waals surface area contributed by atoms with E-state index in [0.29, 0.717) is 12.0 Å². The minimum atomic E-state index is 0.417. The summed E-state index contributed by atoms with van der Waals surface area (Å²) in [6.45, 7) is 2.20. The number of rotatable bonds is 0. The van der Waals surface area contributed by atoms with Crippen LogP contribution in [0.2, 0.25) is 0 Å². The summed E-state index contributed by atoms with van der Waals surface area (Å²) in [7, 11) is 0. The first-order valence-electron chi connectivity index (χ1n) is 3.21. The number of hydrogen-bond acceptors (Lipinski definition) is 1. The van der Waals surface area contributed by atoms with Crippen LogP contribution in [0.1, 0.15) is 19.8 Å². The molecule has 0 aromatic carbocycles. The average Bonchev–Trinajstić information content (AvgIpc) is 1.77. The van der Waals surface area contributed by atoms with E-state index in [-0.39, 0.29) is 0 Å². The molecule has 0 aromatic heterocycles. The molecule has 0 bridgehead atoms. The molecule has 0 aliphatic heterocycles. The summed E-state index contributed by atoms with van der Waals surface area (Å²) in [4.78, 5) is 0. The highest BCUT2D eigenvalue weighted by Crippen LogP contribution is 2.15. The van der Waals surface area contributed by atoms with Crippen LogP contribution in [0.5, 0.6) is 0 Å². The van der Waals surface area contributed by atoms with Crippen LogP contribution in [-0.4, -0.2) is 6.04 Å². The van der Waals surface area contributed by atoms with Gasteiger partial charge in [0.15, 0.2) is 0 Å². The van der Waals surface area contributed by atoms with Gasteiger partial charge in [-0.25, -0.2) is 0 Å². The Kier molecular flexibility index (Phi) is 1.69. The van der Waals surface area contributed by atoms with E-state index >= 15 is 0 Å². The van der Waals surface area contributed by atoms with Crippen molar-refractivity contribution in [2.45, 2.75) is 25.8 Å². The Morgan fingerprint density at radius 1 is 1.38 bits per heavy atom. The summed E-state index contributed by atoms with van der Waals surface area (Å²) < 4.78 is 0.